The first kappa shape index (κ1) is 7.80. The van der Waals surface area contributed by atoms with Crippen molar-refractivity contribution in [1.82, 2.24) is 9.55 Å². The van der Waals surface area contributed by atoms with Gasteiger partial charge >= 0.3 is 0 Å². The molecule has 1 aromatic heterocycles. The van der Waals surface area contributed by atoms with Crippen LogP contribution in [0.3, 0.4) is 0 Å². The highest BCUT2D eigenvalue weighted by atomic mass is 15.1. The molecule has 0 bridgehead atoms. The number of rotatable bonds is 4. The van der Waals surface area contributed by atoms with Gasteiger partial charge in [-0.1, -0.05) is 0 Å². The standard InChI is InChI=1S/C9H15N3/c10-5-1-2-9-6-11-7-12(9)8-3-4-8/h6-8H,1-5,10H2. The maximum absolute atomic E-state index is 5.46. The Labute approximate surface area is 72.6 Å². The minimum Gasteiger partial charge on any atom is -0.332 e. The first-order valence-corrected chi connectivity index (χ1v) is 4.62. The van der Waals surface area contributed by atoms with Gasteiger partial charge in [0.2, 0.25) is 0 Å². The van der Waals surface area contributed by atoms with E-state index in [2.05, 4.69) is 9.55 Å². The van der Waals surface area contributed by atoms with Gasteiger partial charge in [0.1, 0.15) is 0 Å². The first-order valence-electron chi connectivity index (χ1n) is 4.62. The van der Waals surface area contributed by atoms with E-state index in [1.807, 2.05) is 12.5 Å². The molecule has 0 atom stereocenters. The van der Waals surface area contributed by atoms with Crippen molar-refractivity contribution in [2.75, 3.05) is 6.54 Å². The third kappa shape index (κ3) is 1.50. The number of aromatic nitrogens is 2. The zero-order valence-corrected chi connectivity index (χ0v) is 7.24. The Morgan fingerprint density at radius 2 is 2.42 bits per heavy atom. The van der Waals surface area contributed by atoms with Crippen LogP contribution in [0.25, 0.3) is 0 Å². The smallest absolute Gasteiger partial charge is 0.0950 e. The molecule has 0 radical (unpaired) electrons. The summed E-state index contributed by atoms with van der Waals surface area (Å²) in [5, 5.41) is 0. The molecule has 66 valence electrons. The summed E-state index contributed by atoms with van der Waals surface area (Å²) in [5.41, 5.74) is 6.81. The second-order valence-electron chi connectivity index (χ2n) is 3.42. The van der Waals surface area contributed by atoms with E-state index in [4.69, 9.17) is 5.73 Å². The third-order valence-corrected chi connectivity index (χ3v) is 2.32. The van der Waals surface area contributed by atoms with Crippen LogP contribution in [0.2, 0.25) is 0 Å². The second-order valence-corrected chi connectivity index (χ2v) is 3.42. The summed E-state index contributed by atoms with van der Waals surface area (Å²) < 4.78 is 2.30. The van der Waals surface area contributed by atoms with Crippen LogP contribution in [0, 0.1) is 0 Å². The van der Waals surface area contributed by atoms with Crippen LogP contribution in [0.4, 0.5) is 0 Å². The van der Waals surface area contributed by atoms with Gasteiger partial charge in [-0.05, 0) is 32.2 Å². The number of imidazole rings is 1. The second kappa shape index (κ2) is 3.27. The van der Waals surface area contributed by atoms with Crippen molar-refractivity contribution < 1.29 is 0 Å². The summed E-state index contributed by atoms with van der Waals surface area (Å²) in [6.45, 7) is 0.774. The van der Waals surface area contributed by atoms with Crippen molar-refractivity contribution in [1.29, 1.82) is 0 Å². The zero-order valence-electron chi connectivity index (χ0n) is 7.24. The van der Waals surface area contributed by atoms with Gasteiger partial charge in [0, 0.05) is 17.9 Å². The lowest BCUT2D eigenvalue weighted by molar-refractivity contribution is 0.673. The molecule has 1 aliphatic carbocycles. The molecule has 3 nitrogen and oxygen atoms in total. The van der Waals surface area contributed by atoms with Crippen LogP contribution >= 0.6 is 0 Å². The van der Waals surface area contributed by atoms with E-state index >= 15 is 0 Å². The quantitative estimate of drug-likeness (QED) is 0.726. The summed E-state index contributed by atoms with van der Waals surface area (Å²) in [7, 11) is 0. The Morgan fingerprint density at radius 1 is 1.58 bits per heavy atom. The van der Waals surface area contributed by atoms with E-state index in [0.717, 1.165) is 25.4 Å². The van der Waals surface area contributed by atoms with Crippen molar-refractivity contribution in [2.45, 2.75) is 31.7 Å². The molecule has 1 saturated carbocycles. The minimum absolute atomic E-state index is 0.750. The van der Waals surface area contributed by atoms with Crippen molar-refractivity contribution >= 4 is 0 Å². The normalized spacial score (nSPS) is 16.8. The first-order chi connectivity index (χ1) is 5.92. The van der Waals surface area contributed by atoms with Gasteiger partial charge in [0.15, 0.2) is 0 Å². The summed E-state index contributed by atoms with van der Waals surface area (Å²) >= 11 is 0. The van der Waals surface area contributed by atoms with E-state index in [-0.39, 0.29) is 0 Å². The zero-order chi connectivity index (χ0) is 8.39. The highest BCUT2D eigenvalue weighted by Gasteiger charge is 2.24. The fourth-order valence-corrected chi connectivity index (χ4v) is 1.49. The predicted molar refractivity (Wildman–Crippen MR) is 47.9 cm³/mol. The van der Waals surface area contributed by atoms with Gasteiger partial charge in [-0.25, -0.2) is 4.98 Å². The van der Waals surface area contributed by atoms with E-state index < -0.39 is 0 Å². The van der Waals surface area contributed by atoms with Crippen molar-refractivity contribution in [2.24, 2.45) is 5.73 Å². The lowest BCUT2D eigenvalue weighted by atomic mass is 10.2. The number of aryl methyl sites for hydroxylation is 1. The van der Waals surface area contributed by atoms with E-state index in [0.29, 0.717) is 0 Å². The molecule has 12 heavy (non-hydrogen) atoms. The summed E-state index contributed by atoms with van der Waals surface area (Å²) in [4.78, 5) is 4.16. The van der Waals surface area contributed by atoms with E-state index in [9.17, 15) is 0 Å². The fraction of sp³-hybridized carbons (Fsp3) is 0.667. The molecule has 1 fully saturated rings. The average molecular weight is 165 g/mol. The average Bonchev–Trinajstić information content (AvgIpc) is 2.83. The SMILES string of the molecule is NCCCc1cncn1C1CC1. The lowest BCUT2D eigenvalue weighted by Gasteiger charge is -2.04. The van der Waals surface area contributed by atoms with Gasteiger partial charge in [0.25, 0.3) is 0 Å². The Bertz CT molecular complexity index is 250. The molecule has 0 saturated heterocycles. The number of nitrogens with two attached hydrogens (primary N) is 1. The molecule has 0 aliphatic heterocycles. The van der Waals surface area contributed by atoms with Crippen LogP contribution in [-0.2, 0) is 6.42 Å². The fourth-order valence-electron chi connectivity index (χ4n) is 1.49. The van der Waals surface area contributed by atoms with Crippen LogP contribution in [0.1, 0.15) is 31.0 Å². The number of hydrogen-bond acceptors (Lipinski definition) is 2. The molecule has 1 aromatic rings. The third-order valence-electron chi connectivity index (χ3n) is 2.32. The largest absolute Gasteiger partial charge is 0.332 e. The molecule has 2 N–H and O–H groups in total. The Kier molecular flexibility index (Phi) is 2.13. The van der Waals surface area contributed by atoms with Gasteiger partial charge in [0.05, 0.1) is 6.33 Å². The Hall–Kier alpha value is -0.830. The molecule has 2 rings (SSSR count). The van der Waals surface area contributed by atoms with Crippen molar-refractivity contribution in [3.05, 3.63) is 18.2 Å². The summed E-state index contributed by atoms with van der Waals surface area (Å²) in [6.07, 6.45) is 8.71. The molecular formula is C9H15N3. The Balaban J connectivity index is 2.03. The van der Waals surface area contributed by atoms with Gasteiger partial charge in [-0.2, -0.15) is 0 Å². The van der Waals surface area contributed by atoms with Gasteiger partial charge in [-0.3, -0.25) is 0 Å². The van der Waals surface area contributed by atoms with Crippen LogP contribution in [0.5, 0.6) is 0 Å². The molecule has 0 aromatic carbocycles. The molecule has 0 unspecified atom stereocenters. The maximum atomic E-state index is 5.46. The molecule has 1 heterocycles. The van der Waals surface area contributed by atoms with Gasteiger partial charge < -0.3 is 10.3 Å². The highest BCUT2D eigenvalue weighted by molar-refractivity contribution is 5.03. The van der Waals surface area contributed by atoms with E-state index in [1.165, 1.54) is 18.5 Å². The van der Waals surface area contributed by atoms with Crippen LogP contribution < -0.4 is 5.73 Å². The lowest BCUT2D eigenvalue weighted by Crippen LogP contribution is -2.04. The Morgan fingerprint density at radius 3 is 3.08 bits per heavy atom. The molecule has 3 heteroatoms. The monoisotopic (exact) mass is 165 g/mol. The molecule has 1 aliphatic rings. The summed E-state index contributed by atoms with van der Waals surface area (Å²) in [6, 6.07) is 0.750. The van der Waals surface area contributed by atoms with Crippen molar-refractivity contribution in [3.63, 3.8) is 0 Å². The highest BCUT2D eigenvalue weighted by Crippen LogP contribution is 2.35. The maximum Gasteiger partial charge on any atom is 0.0950 e. The van der Waals surface area contributed by atoms with Crippen LogP contribution in [0.15, 0.2) is 12.5 Å². The molecule has 0 amide bonds. The van der Waals surface area contributed by atoms with E-state index in [1.54, 1.807) is 0 Å². The predicted octanol–water partition coefficient (Wildman–Crippen LogP) is 1.11. The van der Waals surface area contributed by atoms with Crippen molar-refractivity contribution in [3.8, 4) is 0 Å². The van der Waals surface area contributed by atoms with Crippen LogP contribution in [-0.4, -0.2) is 16.1 Å². The molecular weight excluding hydrogens is 150 g/mol. The molecule has 0 spiro atoms. The topological polar surface area (TPSA) is 43.8 Å². The number of hydrogen-bond donors (Lipinski definition) is 1. The number of nitrogens with zero attached hydrogens (tertiary/aromatic N) is 2. The minimum atomic E-state index is 0.750. The van der Waals surface area contributed by atoms with Gasteiger partial charge in [-0.15, -0.1) is 0 Å². The summed E-state index contributed by atoms with van der Waals surface area (Å²) in [5.74, 6) is 0.